The molecule has 1 aromatic carbocycles. The van der Waals surface area contributed by atoms with Crippen LogP contribution in [0.15, 0.2) is 24.7 Å². The second-order valence-corrected chi connectivity index (χ2v) is 3.61. The van der Waals surface area contributed by atoms with E-state index in [-0.39, 0.29) is 17.8 Å². The van der Waals surface area contributed by atoms with Gasteiger partial charge < -0.3 is 16.0 Å². The summed E-state index contributed by atoms with van der Waals surface area (Å²) in [4.78, 5) is 18.3. The minimum atomic E-state index is -1.11. The highest BCUT2D eigenvalue weighted by molar-refractivity contribution is 5.99. The second-order valence-electron chi connectivity index (χ2n) is 3.61. The fraction of sp³-hybridized carbons (Fsp3) is 0.0909. The number of nitrogens with zero attached hydrogens (tertiary/aromatic N) is 1. The Hall–Kier alpha value is -2.44. The first-order valence-corrected chi connectivity index (χ1v) is 5.08. The normalized spacial score (nSPS) is 10.3. The van der Waals surface area contributed by atoms with Gasteiger partial charge in [0, 0.05) is 18.0 Å². The topological polar surface area (TPSA) is 83.8 Å². The minimum Gasteiger partial charge on any atom is -0.398 e. The lowest BCUT2D eigenvalue weighted by Gasteiger charge is -2.07. The van der Waals surface area contributed by atoms with Crippen LogP contribution in [0.2, 0.25) is 0 Å². The van der Waals surface area contributed by atoms with Crippen LogP contribution in [0.1, 0.15) is 16.1 Å². The molecular weight excluding hydrogens is 242 g/mol. The molecule has 0 aliphatic carbocycles. The Bertz CT molecular complexity index is 569. The second kappa shape index (κ2) is 4.82. The van der Waals surface area contributed by atoms with Crippen molar-refractivity contribution < 1.29 is 13.6 Å². The molecule has 0 atom stereocenters. The summed E-state index contributed by atoms with van der Waals surface area (Å²) in [6.07, 6.45) is 3.00. The lowest BCUT2D eigenvalue weighted by Crippen LogP contribution is -2.24. The van der Waals surface area contributed by atoms with Crippen LogP contribution < -0.4 is 11.1 Å². The smallest absolute Gasteiger partial charge is 0.253 e. The van der Waals surface area contributed by atoms with Crippen LogP contribution in [-0.2, 0) is 6.54 Å². The molecule has 94 valence electrons. The third-order valence-corrected chi connectivity index (χ3v) is 2.33. The monoisotopic (exact) mass is 252 g/mol. The summed E-state index contributed by atoms with van der Waals surface area (Å²) in [5.41, 5.74) is 5.92. The Morgan fingerprint density at radius 3 is 2.78 bits per heavy atom. The van der Waals surface area contributed by atoms with Crippen molar-refractivity contribution in [2.24, 2.45) is 0 Å². The molecule has 18 heavy (non-hydrogen) atoms. The maximum Gasteiger partial charge on any atom is 0.253 e. The van der Waals surface area contributed by atoms with Gasteiger partial charge in [0.25, 0.3) is 5.91 Å². The number of halogens is 2. The highest BCUT2D eigenvalue weighted by atomic mass is 19.2. The zero-order chi connectivity index (χ0) is 13.1. The number of aromatic nitrogens is 2. The van der Waals surface area contributed by atoms with Gasteiger partial charge in [0.05, 0.1) is 24.1 Å². The van der Waals surface area contributed by atoms with E-state index in [1.54, 1.807) is 0 Å². The summed E-state index contributed by atoms with van der Waals surface area (Å²) >= 11 is 0. The van der Waals surface area contributed by atoms with Crippen molar-refractivity contribution in [1.29, 1.82) is 0 Å². The number of nitrogens with two attached hydrogens (primary N) is 1. The number of aromatic amines is 1. The average molecular weight is 252 g/mol. The number of hydrogen-bond acceptors (Lipinski definition) is 3. The fourth-order valence-corrected chi connectivity index (χ4v) is 1.41. The summed E-state index contributed by atoms with van der Waals surface area (Å²) in [7, 11) is 0. The lowest BCUT2D eigenvalue weighted by molar-refractivity contribution is 0.0951. The zero-order valence-corrected chi connectivity index (χ0v) is 9.21. The van der Waals surface area contributed by atoms with Gasteiger partial charge in [-0.15, -0.1) is 0 Å². The quantitative estimate of drug-likeness (QED) is 0.718. The van der Waals surface area contributed by atoms with Crippen molar-refractivity contribution in [3.05, 3.63) is 47.5 Å². The standard InChI is InChI=1S/C11H10F2N4O/c12-8-1-7(10(14)2-9(8)13)11(18)16-4-6-3-15-5-17-6/h1-3,5H,4,14H2,(H,15,17)(H,16,18). The number of carbonyl (C=O) groups is 1. The number of H-pyrrole nitrogens is 1. The zero-order valence-electron chi connectivity index (χ0n) is 9.21. The van der Waals surface area contributed by atoms with Gasteiger partial charge in [-0.25, -0.2) is 13.8 Å². The number of hydrogen-bond donors (Lipinski definition) is 3. The number of nitrogens with one attached hydrogen (secondary N) is 2. The molecule has 0 bridgehead atoms. The van der Waals surface area contributed by atoms with Crippen LogP contribution in [0.3, 0.4) is 0 Å². The maximum atomic E-state index is 13.0. The molecule has 0 fully saturated rings. The summed E-state index contributed by atoms with van der Waals surface area (Å²) in [5, 5.41) is 2.51. The first kappa shape index (κ1) is 12.0. The maximum absolute atomic E-state index is 13.0. The number of rotatable bonds is 3. The van der Waals surface area contributed by atoms with Crippen LogP contribution in [0.5, 0.6) is 0 Å². The Morgan fingerprint density at radius 1 is 1.39 bits per heavy atom. The Morgan fingerprint density at radius 2 is 2.11 bits per heavy atom. The molecule has 2 aromatic rings. The van der Waals surface area contributed by atoms with Crippen molar-refractivity contribution in [2.45, 2.75) is 6.54 Å². The molecule has 0 saturated carbocycles. The first-order chi connectivity index (χ1) is 8.58. The van der Waals surface area contributed by atoms with Gasteiger partial charge in [-0.05, 0) is 6.07 Å². The van der Waals surface area contributed by atoms with Crippen LogP contribution in [0.4, 0.5) is 14.5 Å². The van der Waals surface area contributed by atoms with Gasteiger partial charge in [-0.3, -0.25) is 4.79 Å². The highest BCUT2D eigenvalue weighted by Crippen LogP contribution is 2.16. The third-order valence-electron chi connectivity index (χ3n) is 2.33. The molecule has 0 aliphatic heterocycles. The van der Waals surface area contributed by atoms with Gasteiger partial charge in [0.1, 0.15) is 0 Å². The van der Waals surface area contributed by atoms with Crippen LogP contribution >= 0.6 is 0 Å². The van der Waals surface area contributed by atoms with E-state index in [9.17, 15) is 13.6 Å². The van der Waals surface area contributed by atoms with E-state index in [1.165, 1.54) is 12.5 Å². The molecule has 0 radical (unpaired) electrons. The molecule has 0 spiro atoms. The molecule has 7 heteroatoms. The van der Waals surface area contributed by atoms with E-state index in [0.29, 0.717) is 5.69 Å². The first-order valence-electron chi connectivity index (χ1n) is 5.08. The molecule has 0 aliphatic rings. The third kappa shape index (κ3) is 2.45. The van der Waals surface area contributed by atoms with Crippen molar-refractivity contribution >= 4 is 11.6 Å². The van der Waals surface area contributed by atoms with E-state index >= 15 is 0 Å². The van der Waals surface area contributed by atoms with Gasteiger partial charge in [-0.2, -0.15) is 0 Å². The number of nitrogen functional groups attached to an aromatic ring is 1. The lowest BCUT2D eigenvalue weighted by atomic mass is 10.1. The molecule has 0 saturated heterocycles. The van der Waals surface area contributed by atoms with Crippen LogP contribution in [0.25, 0.3) is 0 Å². The predicted molar refractivity (Wildman–Crippen MR) is 60.5 cm³/mol. The number of amides is 1. The fourth-order valence-electron chi connectivity index (χ4n) is 1.41. The van der Waals surface area contributed by atoms with Crippen molar-refractivity contribution in [3.63, 3.8) is 0 Å². The van der Waals surface area contributed by atoms with Gasteiger partial charge in [0.2, 0.25) is 0 Å². The molecule has 2 rings (SSSR count). The highest BCUT2D eigenvalue weighted by Gasteiger charge is 2.14. The van der Waals surface area contributed by atoms with Gasteiger partial charge in [-0.1, -0.05) is 0 Å². The van der Waals surface area contributed by atoms with E-state index < -0.39 is 17.5 Å². The average Bonchev–Trinajstić information content (AvgIpc) is 2.84. The van der Waals surface area contributed by atoms with Crippen molar-refractivity contribution in [1.82, 2.24) is 15.3 Å². The van der Waals surface area contributed by atoms with Crippen LogP contribution in [0, 0.1) is 11.6 Å². The molecule has 0 unspecified atom stereocenters. The van der Waals surface area contributed by atoms with E-state index in [2.05, 4.69) is 15.3 Å². The van der Waals surface area contributed by atoms with E-state index in [1.807, 2.05) is 0 Å². The van der Waals surface area contributed by atoms with E-state index in [4.69, 9.17) is 5.73 Å². The number of benzene rings is 1. The largest absolute Gasteiger partial charge is 0.398 e. The van der Waals surface area contributed by atoms with Crippen molar-refractivity contribution in [2.75, 3.05) is 5.73 Å². The molecule has 4 N–H and O–H groups in total. The predicted octanol–water partition coefficient (Wildman–Crippen LogP) is 1.20. The molecule has 5 nitrogen and oxygen atoms in total. The minimum absolute atomic E-state index is 0.103. The van der Waals surface area contributed by atoms with Gasteiger partial charge in [0.15, 0.2) is 11.6 Å². The number of imidazole rings is 1. The Labute approximate surface area is 101 Å². The number of carbonyl (C=O) groups excluding carboxylic acids is 1. The SMILES string of the molecule is Nc1cc(F)c(F)cc1C(=O)NCc1cnc[nH]1. The summed E-state index contributed by atoms with van der Waals surface area (Å²) in [6.45, 7) is 0.192. The summed E-state index contributed by atoms with van der Waals surface area (Å²) in [5.74, 6) is -2.78. The Balaban J connectivity index is 2.11. The molecular formula is C11H10F2N4O. The van der Waals surface area contributed by atoms with E-state index in [0.717, 1.165) is 12.1 Å². The molecule has 1 aromatic heterocycles. The Kier molecular flexibility index (Phi) is 3.22. The molecule has 1 amide bonds. The van der Waals surface area contributed by atoms with Crippen LogP contribution in [-0.4, -0.2) is 15.9 Å². The molecule has 1 heterocycles. The number of anilines is 1. The van der Waals surface area contributed by atoms with Gasteiger partial charge >= 0.3 is 0 Å². The summed E-state index contributed by atoms with van der Waals surface area (Å²) < 4.78 is 25.8. The summed E-state index contributed by atoms with van der Waals surface area (Å²) in [6, 6.07) is 1.55. The van der Waals surface area contributed by atoms with Crippen molar-refractivity contribution in [3.8, 4) is 0 Å².